The van der Waals surface area contributed by atoms with Gasteiger partial charge in [0.2, 0.25) is 5.75 Å². The zero-order chi connectivity index (χ0) is 19.0. The van der Waals surface area contributed by atoms with E-state index in [-0.39, 0.29) is 12.6 Å². The van der Waals surface area contributed by atoms with Crippen molar-refractivity contribution in [1.29, 1.82) is 0 Å². The molecule has 0 saturated heterocycles. The van der Waals surface area contributed by atoms with Crippen LogP contribution < -0.4 is 23.7 Å². The number of hydrogen-bond acceptors (Lipinski definition) is 6. The molecule has 1 atom stereocenters. The second-order valence-corrected chi connectivity index (χ2v) is 7.27. The molecule has 1 aromatic rings. The first-order valence-corrected chi connectivity index (χ1v) is 9.48. The summed E-state index contributed by atoms with van der Waals surface area (Å²) in [7, 11) is 4.84. The Bertz CT molecular complexity index is 624. The molecule has 0 heterocycles. The lowest BCUT2D eigenvalue weighted by atomic mass is 10.0. The van der Waals surface area contributed by atoms with E-state index in [2.05, 4.69) is 9.44 Å². The van der Waals surface area contributed by atoms with Crippen molar-refractivity contribution < 1.29 is 22.6 Å². The second-order valence-electron chi connectivity index (χ2n) is 5.68. The average molecular weight is 375 g/mol. The largest absolute Gasteiger partial charge is 0.493 e. The summed E-state index contributed by atoms with van der Waals surface area (Å²) in [6.07, 6.45) is 0.727. The normalized spacial score (nSPS) is 12.9. The fourth-order valence-electron chi connectivity index (χ4n) is 2.37. The van der Waals surface area contributed by atoms with Gasteiger partial charge in [-0.25, -0.2) is 9.44 Å². The van der Waals surface area contributed by atoms with Crippen molar-refractivity contribution >= 4 is 10.2 Å². The minimum atomic E-state index is -3.54. The highest BCUT2D eigenvalue weighted by Gasteiger charge is 2.22. The molecular weight excluding hydrogens is 346 g/mol. The fraction of sp³-hybridized carbons (Fsp3) is 0.625. The Labute approximate surface area is 150 Å². The highest BCUT2D eigenvalue weighted by atomic mass is 32.2. The Hall–Kier alpha value is -1.55. The van der Waals surface area contributed by atoms with E-state index in [4.69, 9.17) is 14.2 Å². The van der Waals surface area contributed by atoms with E-state index >= 15 is 0 Å². The van der Waals surface area contributed by atoms with Crippen LogP contribution in [0.4, 0.5) is 0 Å². The first kappa shape index (κ1) is 21.5. The van der Waals surface area contributed by atoms with Crippen molar-refractivity contribution in [3.05, 3.63) is 17.7 Å². The van der Waals surface area contributed by atoms with E-state index in [1.165, 1.54) is 7.11 Å². The monoisotopic (exact) mass is 375 g/mol. The van der Waals surface area contributed by atoms with Crippen LogP contribution in [-0.4, -0.2) is 61.8 Å². The van der Waals surface area contributed by atoms with E-state index in [0.717, 1.165) is 12.0 Å². The molecule has 0 aliphatic carbocycles. The highest BCUT2D eigenvalue weighted by Crippen LogP contribution is 2.40. The molecule has 0 radical (unpaired) electrons. The molecule has 0 spiro atoms. The number of likely N-dealkylation sites (N-methyl/N-ethyl adjacent to an activating group) is 1. The molecule has 1 unspecified atom stereocenters. The van der Waals surface area contributed by atoms with E-state index in [1.807, 2.05) is 38.1 Å². The summed E-state index contributed by atoms with van der Waals surface area (Å²) in [4.78, 5) is 1.92. The zero-order valence-electron chi connectivity index (χ0n) is 15.8. The van der Waals surface area contributed by atoms with Crippen LogP contribution in [0.5, 0.6) is 17.2 Å². The van der Waals surface area contributed by atoms with Crippen LogP contribution in [0, 0.1) is 0 Å². The molecule has 25 heavy (non-hydrogen) atoms. The standard InChI is InChI=1S/C16H29N3O5S/c1-7-8-17-25(20,21)18-11-13(19(2)3)12-9-14(22-4)16(24-6)15(10-12)23-5/h9-10,13,17-18H,7-8,11H2,1-6H3. The van der Waals surface area contributed by atoms with Crippen LogP contribution in [0.1, 0.15) is 24.9 Å². The summed E-state index contributed by atoms with van der Waals surface area (Å²) in [6, 6.07) is 3.42. The van der Waals surface area contributed by atoms with Crippen LogP contribution in [0.25, 0.3) is 0 Å². The van der Waals surface area contributed by atoms with Gasteiger partial charge in [-0.3, -0.25) is 0 Å². The smallest absolute Gasteiger partial charge is 0.276 e. The van der Waals surface area contributed by atoms with E-state index < -0.39 is 10.2 Å². The summed E-state index contributed by atoms with van der Waals surface area (Å²) >= 11 is 0. The molecule has 9 heteroatoms. The van der Waals surface area contributed by atoms with Crippen molar-refractivity contribution in [1.82, 2.24) is 14.3 Å². The lowest BCUT2D eigenvalue weighted by molar-refractivity contribution is 0.292. The summed E-state index contributed by atoms with van der Waals surface area (Å²) in [5.41, 5.74) is 0.845. The number of benzene rings is 1. The molecule has 0 aliphatic heterocycles. The maximum absolute atomic E-state index is 12.0. The lowest BCUT2D eigenvalue weighted by Gasteiger charge is -2.26. The third kappa shape index (κ3) is 6.03. The van der Waals surface area contributed by atoms with Gasteiger partial charge in [0.1, 0.15) is 0 Å². The van der Waals surface area contributed by atoms with Gasteiger partial charge in [-0.2, -0.15) is 8.42 Å². The average Bonchev–Trinajstić information content (AvgIpc) is 2.58. The van der Waals surface area contributed by atoms with Gasteiger partial charge in [-0.05, 0) is 38.2 Å². The van der Waals surface area contributed by atoms with Crippen LogP contribution >= 0.6 is 0 Å². The SMILES string of the molecule is CCCNS(=O)(=O)NCC(c1cc(OC)c(OC)c(OC)c1)N(C)C. The lowest BCUT2D eigenvalue weighted by Crippen LogP contribution is -2.41. The van der Waals surface area contributed by atoms with Gasteiger partial charge in [0.15, 0.2) is 11.5 Å². The van der Waals surface area contributed by atoms with Gasteiger partial charge >= 0.3 is 0 Å². The predicted molar refractivity (Wildman–Crippen MR) is 97.7 cm³/mol. The van der Waals surface area contributed by atoms with Gasteiger partial charge in [-0.15, -0.1) is 0 Å². The molecule has 2 N–H and O–H groups in total. The minimum Gasteiger partial charge on any atom is -0.493 e. The fourth-order valence-corrected chi connectivity index (χ4v) is 3.32. The van der Waals surface area contributed by atoms with Crippen LogP contribution in [0.3, 0.4) is 0 Å². The zero-order valence-corrected chi connectivity index (χ0v) is 16.6. The van der Waals surface area contributed by atoms with Crippen molar-refractivity contribution in [3.8, 4) is 17.2 Å². The minimum absolute atomic E-state index is 0.199. The first-order valence-electron chi connectivity index (χ1n) is 8.00. The molecule has 0 saturated carbocycles. The Kier molecular flexibility index (Phi) is 8.43. The first-order chi connectivity index (χ1) is 11.8. The molecule has 1 aromatic carbocycles. The number of methoxy groups -OCH3 is 3. The van der Waals surface area contributed by atoms with Crippen molar-refractivity contribution in [2.45, 2.75) is 19.4 Å². The third-order valence-electron chi connectivity index (χ3n) is 3.70. The molecular formula is C16H29N3O5S. The molecule has 144 valence electrons. The summed E-state index contributed by atoms with van der Waals surface area (Å²) in [6.45, 7) is 2.50. The maximum atomic E-state index is 12.0. The van der Waals surface area contributed by atoms with Gasteiger partial charge in [0.05, 0.1) is 21.3 Å². The van der Waals surface area contributed by atoms with Crippen molar-refractivity contribution in [2.24, 2.45) is 0 Å². The number of hydrogen-bond donors (Lipinski definition) is 2. The number of nitrogens with one attached hydrogen (secondary N) is 2. The molecule has 0 amide bonds. The second kappa shape index (κ2) is 9.81. The molecule has 0 fully saturated rings. The number of nitrogens with zero attached hydrogens (tertiary/aromatic N) is 1. The molecule has 8 nitrogen and oxygen atoms in total. The van der Waals surface area contributed by atoms with Crippen molar-refractivity contribution in [2.75, 3.05) is 48.5 Å². The Morgan fingerprint density at radius 3 is 2.00 bits per heavy atom. The van der Waals surface area contributed by atoms with E-state index in [1.54, 1.807) is 14.2 Å². The summed E-state index contributed by atoms with van der Waals surface area (Å²) < 4.78 is 45.1. The van der Waals surface area contributed by atoms with Gasteiger partial charge in [0, 0.05) is 19.1 Å². The van der Waals surface area contributed by atoms with Crippen molar-refractivity contribution in [3.63, 3.8) is 0 Å². The van der Waals surface area contributed by atoms with E-state index in [0.29, 0.717) is 23.8 Å². The maximum Gasteiger partial charge on any atom is 0.276 e. The summed E-state index contributed by atoms with van der Waals surface area (Å²) in [5.74, 6) is 1.54. The number of rotatable bonds is 11. The van der Waals surface area contributed by atoms with Crippen LogP contribution in [-0.2, 0) is 10.2 Å². The van der Waals surface area contributed by atoms with Gasteiger partial charge in [-0.1, -0.05) is 6.92 Å². The molecule has 1 rings (SSSR count). The summed E-state index contributed by atoms with van der Waals surface area (Å²) in [5, 5.41) is 0. The van der Waals surface area contributed by atoms with Gasteiger partial charge < -0.3 is 19.1 Å². The Morgan fingerprint density at radius 1 is 1.04 bits per heavy atom. The quantitative estimate of drug-likeness (QED) is 0.603. The molecule has 0 bridgehead atoms. The van der Waals surface area contributed by atoms with Gasteiger partial charge in [0.25, 0.3) is 10.2 Å². The highest BCUT2D eigenvalue weighted by molar-refractivity contribution is 7.87. The predicted octanol–water partition coefficient (Wildman–Crippen LogP) is 1.15. The van der Waals surface area contributed by atoms with Crippen LogP contribution in [0.15, 0.2) is 12.1 Å². The molecule has 0 aliphatic rings. The van der Waals surface area contributed by atoms with E-state index in [9.17, 15) is 8.42 Å². The van der Waals surface area contributed by atoms with Crippen LogP contribution in [0.2, 0.25) is 0 Å². The Morgan fingerprint density at radius 2 is 1.60 bits per heavy atom. The number of ether oxygens (including phenoxy) is 3. The Balaban J connectivity index is 3.10. The third-order valence-corrected chi connectivity index (χ3v) is 4.83. The molecule has 0 aromatic heterocycles. The topological polar surface area (TPSA) is 89.1 Å².